The van der Waals surface area contributed by atoms with Crippen LogP contribution in [0.1, 0.15) is 46.5 Å². The normalized spacial score (nSPS) is 15.3. The van der Waals surface area contributed by atoms with Crippen LogP contribution in [0.3, 0.4) is 0 Å². The van der Waals surface area contributed by atoms with Crippen molar-refractivity contribution in [3.63, 3.8) is 0 Å². The largest absolute Gasteiger partial charge is 0.460 e. The van der Waals surface area contributed by atoms with Gasteiger partial charge in [-0.2, -0.15) is 5.10 Å². The average molecular weight is 367 g/mol. The van der Waals surface area contributed by atoms with E-state index >= 15 is 0 Å². The summed E-state index contributed by atoms with van der Waals surface area (Å²) in [5.74, 6) is 2.17. The van der Waals surface area contributed by atoms with Crippen LogP contribution in [-0.2, 0) is 0 Å². The minimum atomic E-state index is -0.131. The molecule has 4 heterocycles. The van der Waals surface area contributed by atoms with Crippen LogP contribution in [-0.4, -0.2) is 44.1 Å². The highest BCUT2D eigenvalue weighted by Gasteiger charge is 2.27. The molecule has 4 rings (SSSR count). The number of rotatable bonds is 3. The lowest BCUT2D eigenvalue weighted by Crippen LogP contribution is -2.38. The Morgan fingerprint density at radius 3 is 2.67 bits per heavy atom. The van der Waals surface area contributed by atoms with Crippen LogP contribution in [0.4, 0.5) is 0 Å². The molecule has 0 bridgehead atoms. The van der Waals surface area contributed by atoms with E-state index in [1.165, 1.54) is 0 Å². The summed E-state index contributed by atoms with van der Waals surface area (Å²) in [7, 11) is 0. The molecule has 0 saturated carbocycles. The number of aromatic nitrogens is 4. The van der Waals surface area contributed by atoms with Gasteiger partial charge in [0.1, 0.15) is 17.3 Å². The van der Waals surface area contributed by atoms with Crippen molar-refractivity contribution in [1.82, 2.24) is 25.1 Å². The third kappa shape index (κ3) is 3.55. The average Bonchev–Trinajstić information content (AvgIpc) is 3.29. The first kappa shape index (κ1) is 17.3. The first-order chi connectivity index (χ1) is 13.0. The van der Waals surface area contributed by atoms with Gasteiger partial charge in [-0.15, -0.1) is 0 Å². The molecule has 27 heavy (non-hydrogen) atoms. The van der Waals surface area contributed by atoms with Crippen molar-refractivity contribution in [2.24, 2.45) is 0 Å². The summed E-state index contributed by atoms with van der Waals surface area (Å²) in [6.07, 6.45) is 1.55. The third-order valence-electron chi connectivity index (χ3n) is 4.88. The number of aromatic amines is 2. The van der Waals surface area contributed by atoms with Gasteiger partial charge in [0.15, 0.2) is 11.5 Å². The Morgan fingerprint density at radius 1 is 1.22 bits per heavy atom. The first-order valence-corrected chi connectivity index (χ1v) is 8.99. The van der Waals surface area contributed by atoms with Gasteiger partial charge < -0.3 is 14.3 Å². The number of nitrogens with zero attached hydrogens (tertiary/aromatic N) is 3. The number of carbonyl (C=O) groups excluding carboxylic acids is 1. The van der Waals surface area contributed by atoms with Gasteiger partial charge in [0.2, 0.25) is 0 Å². The number of likely N-dealkylation sites (tertiary alicyclic amines) is 1. The van der Waals surface area contributed by atoms with Crippen LogP contribution in [0.5, 0.6) is 0 Å². The molecule has 1 aliphatic heterocycles. The Labute approximate surface area is 155 Å². The number of piperidine rings is 1. The molecule has 0 radical (unpaired) electrons. The van der Waals surface area contributed by atoms with E-state index in [-0.39, 0.29) is 17.4 Å². The molecule has 8 heteroatoms. The zero-order chi connectivity index (χ0) is 19.0. The summed E-state index contributed by atoms with van der Waals surface area (Å²) in [6.45, 7) is 4.87. The molecule has 8 nitrogen and oxygen atoms in total. The maximum Gasteiger partial charge on any atom is 0.274 e. The van der Waals surface area contributed by atoms with Gasteiger partial charge in [-0.05, 0) is 38.8 Å². The highest BCUT2D eigenvalue weighted by Crippen LogP contribution is 2.27. The fourth-order valence-corrected chi connectivity index (χ4v) is 3.49. The lowest BCUT2D eigenvalue weighted by molar-refractivity contribution is 0.0706. The maximum atomic E-state index is 12.7. The molecule has 0 unspecified atom stereocenters. The Kier molecular flexibility index (Phi) is 4.39. The van der Waals surface area contributed by atoms with Crippen molar-refractivity contribution in [2.45, 2.75) is 32.6 Å². The summed E-state index contributed by atoms with van der Waals surface area (Å²) in [4.78, 5) is 33.3. The van der Waals surface area contributed by atoms with Gasteiger partial charge >= 0.3 is 0 Å². The molecular weight excluding hydrogens is 346 g/mol. The van der Waals surface area contributed by atoms with Crippen molar-refractivity contribution >= 4 is 5.91 Å². The molecule has 0 spiro atoms. The van der Waals surface area contributed by atoms with Crippen LogP contribution in [0.15, 0.2) is 33.5 Å². The van der Waals surface area contributed by atoms with Crippen LogP contribution in [0.2, 0.25) is 0 Å². The molecule has 0 aliphatic carbocycles. The number of hydrogen-bond donors (Lipinski definition) is 2. The van der Waals surface area contributed by atoms with E-state index in [1.807, 2.05) is 19.1 Å². The van der Waals surface area contributed by atoms with E-state index in [4.69, 9.17) is 4.42 Å². The number of amides is 1. The highest BCUT2D eigenvalue weighted by atomic mass is 16.3. The van der Waals surface area contributed by atoms with E-state index < -0.39 is 0 Å². The van der Waals surface area contributed by atoms with Gasteiger partial charge in [0.05, 0.1) is 5.69 Å². The van der Waals surface area contributed by atoms with Gasteiger partial charge in [-0.1, -0.05) is 0 Å². The molecule has 3 aromatic heterocycles. The summed E-state index contributed by atoms with van der Waals surface area (Å²) in [5, 5.41) is 7.01. The van der Waals surface area contributed by atoms with Crippen molar-refractivity contribution in [1.29, 1.82) is 0 Å². The van der Waals surface area contributed by atoms with E-state index in [2.05, 4.69) is 20.2 Å². The van der Waals surface area contributed by atoms with E-state index in [1.54, 1.807) is 24.0 Å². The second-order valence-corrected chi connectivity index (χ2v) is 6.90. The van der Waals surface area contributed by atoms with Crippen molar-refractivity contribution < 1.29 is 9.21 Å². The van der Waals surface area contributed by atoms with E-state index in [0.29, 0.717) is 36.1 Å². The molecule has 0 aromatic carbocycles. The molecule has 1 amide bonds. The van der Waals surface area contributed by atoms with Crippen molar-refractivity contribution in [2.75, 3.05) is 13.1 Å². The van der Waals surface area contributed by atoms with E-state index in [0.717, 1.165) is 24.3 Å². The van der Waals surface area contributed by atoms with Gasteiger partial charge in [-0.3, -0.25) is 14.7 Å². The van der Waals surface area contributed by atoms with Crippen molar-refractivity contribution in [3.8, 4) is 11.5 Å². The lowest BCUT2D eigenvalue weighted by atomic mass is 9.93. The van der Waals surface area contributed by atoms with Gasteiger partial charge in [0.25, 0.3) is 11.5 Å². The molecule has 1 aliphatic rings. The third-order valence-corrected chi connectivity index (χ3v) is 4.88. The summed E-state index contributed by atoms with van der Waals surface area (Å²) in [6, 6.07) is 6.99. The standard InChI is InChI=1S/C19H21N5O3/c1-11-3-4-17(27-11)15-9-16(23-22-15)19(26)24-7-5-13(6-8-24)14-10-18(25)21-12(2)20-14/h3-4,9-10,13H,5-8H2,1-2H3,(H,22,23)(H,20,21,25). The molecule has 1 fully saturated rings. The minimum Gasteiger partial charge on any atom is -0.460 e. The predicted molar refractivity (Wildman–Crippen MR) is 98.5 cm³/mol. The Morgan fingerprint density at radius 2 is 2.00 bits per heavy atom. The van der Waals surface area contributed by atoms with Gasteiger partial charge in [0, 0.05) is 31.1 Å². The summed E-state index contributed by atoms with van der Waals surface area (Å²) >= 11 is 0. The predicted octanol–water partition coefficient (Wildman–Crippen LogP) is 2.39. The number of hydrogen-bond acceptors (Lipinski definition) is 5. The number of nitrogens with one attached hydrogen (secondary N) is 2. The second kappa shape index (κ2) is 6.86. The van der Waals surface area contributed by atoms with E-state index in [9.17, 15) is 9.59 Å². The first-order valence-electron chi connectivity index (χ1n) is 8.99. The fourth-order valence-electron chi connectivity index (χ4n) is 3.49. The van der Waals surface area contributed by atoms with Crippen LogP contribution in [0, 0.1) is 13.8 Å². The Hall–Kier alpha value is -3.16. The minimum absolute atomic E-state index is 0.103. The fraction of sp³-hybridized carbons (Fsp3) is 0.368. The van der Waals surface area contributed by atoms with Crippen LogP contribution in [0.25, 0.3) is 11.5 Å². The monoisotopic (exact) mass is 367 g/mol. The number of furan rings is 1. The lowest BCUT2D eigenvalue weighted by Gasteiger charge is -2.31. The molecule has 2 N–H and O–H groups in total. The SMILES string of the molecule is Cc1nc(C2CCN(C(=O)c3cc(-c4ccc(C)o4)[nH]n3)CC2)cc(=O)[nH]1. The molecular formula is C19H21N5O3. The molecule has 0 atom stereocenters. The maximum absolute atomic E-state index is 12.7. The number of carbonyl (C=O) groups is 1. The van der Waals surface area contributed by atoms with Crippen molar-refractivity contribution in [3.05, 3.63) is 57.6 Å². The quantitative estimate of drug-likeness (QED) is 0.739. The van der Waals surface area contributed by atoms with Gasteiger partial charge in [-0.25, -0.2) is 4.98 Å². The summed E-state index contributed by atoms with van der Waals surface area (Å²) < 4.78 is 5.56. The number of H-pyrrole nitrogens is 2. The zero-order valence-electron chi connectivity index (χ0n) is 15.3. The van der Waals surface area contributed by atoms with Crippen LogP contribution >= 0.6 is 0 Å². The summed E-state index contributed by atoms with van der Waals surface area (Å²) in [5.41, 5.74) is 1.74. The zero-order valence-corrected chi connectivity index (χ0v) is 15.3. The Balaban J connectivity index is 1.43. The second-order valence-electron chi connectivity index (χ2n) is 6.90. The Bertz CT molecular complexity index is 1020. The highest BCUT2D eigenvalue weighted by molar-refractivity contribution is 5.93. The molecule has 3 aromatic rings. The topological polar surface area (TPSA) is 108 Å². The smallest absolute Gasteiger partial charge is 0.274 e. The number of aryl methyl sites for hydroxylation is 2. The van der Waals surface area contributed by atoms with Crippen LogP contribution < -0.4 is 5.56 Å². The molecule has 1 saturated heterocycles. The molecule has 140 valence electrons.